The van der Waals surface area contributed by atoms with Gasteiger partial charge < -0.3 is 0 Å². The lowest BCUT2D eigenvalue weighted by Crippen LogP contribution is -2.27. The minimum absolute atomic E-state index is 0.220. The normalized spacial score (nSPS) is 17.0. The number of hydrogen-bond acceptors (Lipinski definition) is 4. The molecule has 2 amide bonds. The van der Waals surface area contributed by atoms with Crippen LogP contribution in [0.2, 0.25) is 0 Å². The molecule has 2 heterocycles. The second-order valence-corrected chi connectivity index (χ2v) is 7.30. The zero-order chi connectivity index (χ0) is 14.8. The minimum Gasteiger partial charge on any atom is -0.268 e. The fourth-order valence-electron chi connectivity index (χ4n) is 1.96. The van der Waals surface area contributed by atoms with Crippen molar-refractivity contribution in [3.8, 4) is 0 Å². The Kier molecular flexibility index (Phi) is 4.28. The molecule has 0 spiro atoms. The Morgan fingerprint density at radius 2 is 2.05 bits per heavy atom. The average Bonchev–Trinajstić information content (AvgIpc) is 3.04. The Morgan fingerprint density at radius 1 is 1.19 bits per heavy atom. The molecular formula is C15H10BrNO2S2. The van der Waals surface area contributed by atoms with Gasteiger partial charge in [0, 0.05) is 9.35 Å². The van der Waals surface area contributed by atoms with Crippen molar-refractivity contribution in [2.24, 2.45) is 0 Å². The minimum atomic E-state index is -0.224. The number of halogens is 1. The van der Waals surface area contributed by atoms with Gasteiger partial charge in [-0.25, -0.2) is 0 Å². The van der Waals surface area contributed by atoms with Crippen molar-refractivity contribution in [3.63, 3.8) is 0 Å². The van der Waals surface area contributed by atoms with E-state index in [0.717, 1.165) is 26.7 Å². The van der Waals surface area contributed by atoms with Gasteiger partial charge in [-0.05, 0) is 47.0 Å². The number of carbonyl (C=O) groups excluding carboxylic acids is 2. The van der Waals surface area contributed by atoms with Crippen molar-refractivity contribution in [2.45, 2.75) is 6.54 Å². The van der Waals surface area contributed by atoms with Crippen LogP contribution in [0.4, 0.5) is 4.79 Å². The van der Waals surface area contributed by atoms with E-state index in [4.69, 9.17) is 0 Å². The number of thiophene rings is 1. The van der Waals surface area contributed by atoms with E-state index in [2.05, 4.69) is 15.9 Å². The molecule has 0 saturated carbocycles. The Hall–Kier alpha value is -1.37. The molecule has 3 rings (SSSR count). The van der Waals surface area contributed by atoms with Gasteiger partial charge in [0.05, 0.1) is 11.4 Å². The van der Waals surface area contributed by atoms with E-state index in [1.54, 1.807) is 17.4 Å². The van der Waals surface area contributed by atoms with Crippen molar-refractivity contribution >= 4 is 56.3 Å². The van der Waals surface area contributed by atoms with Crippen LogP contribution < -0.4 is 0 Å². The molecule has 1 aromatic carbocycles. The van der Waals surface area contributed by atoms with Gasteiger partial charge in [-0.1, -0.05) is 34.1 Å². The molecule has 0 N–H and O–H groups in total. The third-order valence-corrected chi connectivity index (χ3v) is 5.14. The van der Waals surface area contributed by atoms with Crippen LogP contribution in [0.1, 0.15) is 10.4 Å². The first-order valence-electron chi connectivity index (χ1n) is 6.17. The van der Waals surface area contributed by atoms with Crippen molar-refractivity contribution < 1.29 is 9.59 Å². The number of carbonyl (C=O) groups is 2. The number of benzene rings is 1. The predicted octanol–water partition coefficient (Wildman–Crippen LogP) is 4.75. The van der Waals surface area contributed by atoms with Crippen LogP contribution in [0, 0.1) is 0 Å². The van der Waals surface area contributed by atoms with Gasteiger partial charge in [-0.2, -0.15) is 0 Å². The maximum Gasteiger partial charge on any atom is 0.293 e. The summed E-state index contributed by atoms with van der Waals surface area (Å²) in [6, 6.07) is 11.5. The fraction of sp³-hybridized carbons (Fsp3) is 0.0667. The van der Waals surface area contributed by atoms with Crippen LogP contribution in [0.5, 0.6) is 0 Å². The standard InChI is InChI=1S/C15H10BrNO2S2/c16-11-4-1-3-10(7-11)9-17-14(18)13(21-15(17)19)8-12-5-2-6-20-12/h1-8H,9H2/b13-8+. The second kappa shape index (κ2) is 6.17. The van der Waals surface area contributed by atoms with Gasteiger partial charge in [0.25, 0.3) is 11.1 Å². The molecule has 0 atom stereocenters. The van der Waals surface area contributed by atoms with Crippen molar-refractivity contribution in [1.82, 2.24) is 4.90 Å². The first-order chi connectivity index (χ1) is 10.1. The number of amides is 2. The third kappa shape index (κ3) is 3.28. The highest BCUT2D eigenvalue weighted by Crippen LogP contribution is 2.34. The molecule has 0 unspecified atom stereocenters. The Bertz CT molecular complexity index is 725. The molecule has 106 valence electrons. The smallest absolute Gasteiger partial charge is 0.268 e. The van der Waals surface area contributed by atoms with Gasteiger partial charge in [0.1, 0.15) is 0 Å². The summed E-state index contributed by atoms with van der Waals surface area (Å²) < 4.78 is 0.932. The molecule has 1 aliphatic heterocycles. The van der Waals surface area contributed by atoms with Crippen LogP contribution in [-0.2, 0) is 11.3 Å². The summed E-state index contributed by atoms with van der Waals surface area (Å²) in [6.07, 6.45) is 1.77. The molecule has 0 bridgehead atoms. The van der Waals surface area contributed by atoms with Gasteiger partial charge in [0.15, 0.2) is 0 Å². The molecule has 1 aliphatic rings. The Balaban J connectivity index is 1.81. The van der Waals surface area contributed by atoms with E-state index >= 15 is 0 Å². The summed E-state index contributed by atoms with van der Waals surface area (Å²) in [6.45, 7) is 0.298. The summed E-state index contributed by atoms with van der Waals surface area (Å²) >= 11 is 5.93. The average molecular weight is 380 g/mol. The molecule has 1 saturated heterocycles. The molecule has 0 radical (unpaired) electrons. The summed E-state index contributed by atoms with van der Waals surface area (Å²) in [5, 5.41) is 1.72. The van der Waals surface area contributed by atoms with Gasteiger partial charge in [0.2, 0.25) is 0 Å². The Labute approximate surface area is 138 Å². The summed E-state index contributed by atoms with van der Waals surface area (Å²) in [5.74, 6) is -0.224. The summed E-state index contributed by atoms with van der Waals surface area (Å²) in [7, 11) is 0. The van der Waals surface area contributed by atoms with Crippen LogP contribution in [0.3, 0.4) is 0 Å². The summed E-state index contributed by atoms with van der Waals surface area (Å²) in [4.78, 5) is 27.1. The highest BCUT2D eigenvalue weighted by atomic mass is 79.9. The van der Waals surface area contributed by atoms with E-state index in [1.807, 2.05) is 41.8 Å². The van der Waals surface area contributed by atoms with E-state index in [-0.39, 0.29) is 11.1 Å². The first kappa shape index (κ1) is 14.6. The molecule has 3 nitrogen and oxygen atoms in total. The number of nitrogens with zero attached hydrogens (tertiary/aromatic N) is 1. The predicted molar refractivity (Wildman–Crippen MR) is 90.0 cm³/mol. The second-order valence-electron chi connectivity index (χ2n) is 4.41. The SMILES string of the molecule is O=C1S/C(=C/c2cccs2)C(=O)N1Cc1cccc(Br)c1. The van der Waals surface area contributed by atoms with Crippen molar-refractivity contribution in [2.75, 3.05) is 0 Å². The highest BCUT2D eigenvalue weighted by Gasteiger charge is 2.35. The topological polar surface area (TPSA) is 37.4 Å². The van der Waals surface area contributed by atoms with Crippen LogP contribution >= 0.6 is 39.0 Å². The maximum absolute atomic E-state index is 12.3. The molecule has 6 heteroatoms. The lowest BCUT2D eigenvalue weighted by molar-refractivity contribution is -0.123. The molecular weight excluding hydrogens is 370 g/mol. The molecule has 21 heavy (non-hydrogen) atoms. The number of imide groups is 1. The zero-order valence-corrected chi connectivity index (χ0v) is 14.0. The van der Waals surface area contributed by atoms with E-state index in [9.17, 15) is 9.59 Å². The van der Waals surface area contributed by atoms with Crippen LogP contribution in [0.15, 0.2) is 51.2 Å². The fourth-order valence-corrected chi connectivity index (χ4v) is 3.96. The van der Waals surface area contributed by atoms with Crippen molar-refractivity contribution in [1.29, 1.82) is 0 Å². The van der Waals surface area contributed by atoms with Gasteiger partial charge in [-0.15, -0.1) is 11.3 Å². The van der Waals surface area contributed by atoms with E-state index < -0.39 is 0 Å². The van der Waals surface area contributed by atoms with E-state index in [0.29, 0.717) is 11.4 Å². The van der Waals surface area contributed by atoms with Gasteiger partial charge >= 0.3 is 0 Å². The monoisotopic (exact) mass is 379 g/mol. The molecule has 0 aliphatic carbocycles. The molecule has 2 aromatic rings. The number of thioether (sulfide) groups is 1. The molecule has 1 aromatic heterocycles. The van der Waals surface area contributed by atoms with Crippen LogP contribution in [-0.4, -0.2) is 16.0 Å². The van der Waals surface area contributed by atoms with Crippen LogP contribution in [0.25, 0.3) is 6.08 Å². The first-order valence-corrected chi connectivity index (χ1v) is 8.66. The maximum atomic E-state index is 12.3. The lowest BCUT2D eigenvalue weighted by Gasteiger charge is -2.12. The summed E-state index contributed by atoms with van der Waals surface area (Å²) in [5.41, 5.74) is 0.920. The van der Waals surface area contributed by atoms with Gasteiger partial charge in [-0.3, -0.25) is 14.5 Å². The molecule has 1 fully saturated rings. The lowest BCUT2D eigenvalue weighted by atomic mass is 10.2. The number of hydrogen-bond donors (Lipinski definition) is 0. The Morgan fingerprint density at radius 3 is 2.76 bits per heavy atom. The van der Waals surface area contributed by atoms with E-state index in [1.165, 1.54) is 4.90 Å². The van der Waals surface area contributed by atoms with Crippen molar-refractivity contribution in [3.05, 3.63) is 61.6 Å². The zero-order valence-electron chi connectivity index (χ0n) is 10.8. The number of rotatable bonds is 3. The largest absolute Gasteiger partial charge is 0.293 e. The third-order valence-electron chi connectivity index (χ3n) is 2.92. The quantitative estimate of drug-likeness (QED) is 0.722. The highest BCUT2D eigenvalue weighted by molar-refractivity contribution is 9.10.